The van der Waals surface area contributed by atoms with Crippen molar-refractivity contribution in [1.82, 2.24) is 10.2 Å². The van der Waals surface area contributed by atoms with E-state index >= 15 is 0 Å². The first-order valence-corrected chi connectivity index (χ1v) is 5.94. The Balaban J connectivity index is 2.08. The van der Waals surface area contributed by atoms with Gasteiger partial charge in [-0.15, -0.1) is 0 Å². The van der Waals surface area contributed by atoms with E-state index in [4.69, 9.17) is 11.6 Å². The monoisotopic (exact) mass is 253 g/mol. The van der Waals surface area contributed by atoms with Gasteiger partial charge in [0.05, 0.1) is 0 Å². The third kappa shape index (κ3) is 2.77. The topological polar surface area (TPSA) is 44.4 Å². The van der Waals surface area contributed by atoms with Crippen LogP contribution in [0.15, 0.2) is 18.2 Å². The third-order valence-electron chi connectivity index (χ3n) is 2.75. The van der Waals surface area contributed by atoms with E-state index in [1.807, 2.05) is 26.2 Å². The highest BCUT2D eigenvalue weighted by Gasteiger charge is 2.29. The molecule has 17 heavy (non-hydrogen) atoms. The van der Waals surface area contributed by atoms with E-state index in [1.165, 1.54) is 0 Å². The minimum absolute atomic E-state index is 0.0129. The first-order valence-electron chi connectivity index (χ1n) is 5.56. The molecule has 5 heteroatoms. The molecule has 2 N–H and O–H groups in total. The minimum Gasteiger partial charge on any atom is -0.324 e. The molecule has 0 aromatic heterocycles. The molecule has 0 radical (unpaired) electrons. The molecule has 0 saturated heterocycles. The summed E-state index contributed by atoms with van der Waals surface area (Å²) in [7, 11) is 4.00. The van der Waals surface area contributed by atoms with Crippen LogP contribution in [-0.2, 0) is 4.79 Å². The maximum absolute atomic E-state index is 11.8. The van der Waals surface area contributed by atoms with E-state index < -0.39 is 0 Å². The fourth-order valence-corrected chi connectivity index (χ4v) is 2.05. The van der Waals surface area contributed by atoms with E-state index in [1.54, 1.807) is 6.07 Å². The van der Waals surface area contributed by atoms with Gasteiger partial charge in [0.25, 0.3) is 0 Å². The van der Waals surface area contributed by atoms with Crippen LogP contribution in [0.4, 0.5) is 5.69 Å². The second-order valence-corrected chi connectivity index (χ2v) is 4.85. The van der Waals surface area contributed by atoms with Crippen LogP contribution in [0.1, 0.15) is 11.6 Å². The molecule has 92 valence electrons. The number of benzene rings is 1. The second kappa shape index (κ2) is 5.04. The molecule has 0 aliphatic carbocycles. The first kappa shape index (κ1) is 12.4. The summed E-state index contributed by atoms with van der Waals surface area (Å²) in [6, 6.07) is 5.16. The minimum atomic E-state index is -0.288. The van der Waals surface area contributed by atoms with E-state index in [0.717, 1.165) is 24.3 Å². The van der Waals surface area contributed by atoms with Crippen molar-refractivity contribution in [2.24, 2.45) is 0 Å². The molecule has 1 unspecified atom stereocenters. The van der Waals surface area contributed by atoms with E-state index in [2.05, 4.69) is 15.5 Å². The first-order chi connectivity index (χ1) is 8.08. The Kier molecular flexibility index (Phi) is 3.66. The number of nitrogens with zero attached hydrogens (tertiary/aromatic N) is 1. The van der Waals surface area contributed by atoms with Crippen LogP contribution < -0.4 is 10.6 Å². The molecule has 1 amide bonds. The average molecular weight is 254 g/mol. The van der Waals surface area contributed by atoms with Gasteiger partial charge in [-0.25, -0.2) is 0 Å². The van der Waals surface area contributed by atoms with Crippen molar-refractivity contribution >= 4 is 23.2 Å². The Morgan fingerprint density at radius 1 is 1.47 bits per heavy atom. The van der Waals surface area contributed by atoms with Gasteiger partial charge >= 0.3 is 0 Å². The normalized spacial score (nSPS) is 18.4. The molecule has 1 aromatic carbocycles. The summed E-state index contributed by atoms with van der Waals surface area (Å²) < 4.78 is 0. The van der Waals surface area contributed by atoms with Crippen LogP contribution in [0, 0.1) is 0 Å². The molecule has 1 heterocycles. The van der Waals surface area contributed by atoms with Crippen LogP contribution in [0.25, 0.3) is 0 Å². The summed E-state index contributed by atoms with van der Waals surface area (Å²) in [5.74, 6) is -0.0129. The van der Waals surface area contributed by atoms with Crippen molar-refractivity contribution in [1.29, 1.82) is 0 Å². The number of amides is 1. The zero-order valence-electron chi connectivity index (χ0n) is 9.96. The predicted octanol–water partition coefficient (Wildman–Crippen LogP) is 1.48. The number of hydrogen-bond acceptors (Lipinski definition) is 3. The molecule has 0 fully saturated rings. The van der Waals surface area contributed by atoms with Crippen LogP contribution in [-0.4, -0.2) is 38.0 Å². The number of anilines is 1. The van der Waals surface area contributed by atoms with Crippen molar-refractivity contribution < 1.29 is 4.79 Å². The lowest BCUT2D eigenvalue weighted by atomic mass is 10.1. The Morgan fingerprint density at radius 2 is 2.24 bits per heavy atom. The van der Waals surface area contributed by atoms with Crippen LogP contribution >= 0.6 is 11.6 Å². The van der Waals surface area contributed by atoms with Crippen LogP contribution in [0.2, 0.25) is 5.02 Å². The maximum Gasteiger partial charge on any atom is 0.246 e. The lowest BCUT2D eigenvalue weighted by Crippen LogP contribution is -2.33. The predicted molar refractivity (Wildman–Crippen MR) is 69.4 cm³/mol. The number of likely N-dealkylation sites (N-methyl/N-ethyl adjacent to an activating group) is 1. The molecule has 0 spiro atoms. The van der Waals surface area contributed by atoms with Gasteiger partial charge in [0.15, 0.2) is 0 Å². The third-order valence-corrected chi connectivity index (χ3v) is 2.99. The summed E-state index contributed by atoms with van der Waals surface area (Å²) in [5.41, 5.74) is 1.78. The number of carbonyl (C=O) groups is 1. The molecular formula is C12H16ClN3O. The van der Waals surface area contributed by atoms with Crippen LogP contribution in [0.3, 0.4) is 0 Å². The molecule has 0 bridgehead atoms. The van der Waals surface area contributed by atoms with Gasteiger partial charge in [-0.3, -0.25) is 4.79 Å². The highest BCUT2D eigenvalue weighted by molar-refractivity contribution is 6.31. The lowest BCUT2D eigenvalue weighted by Gasteiger charge is -2.14. The van der Waals surface area contributed by atoms with Gasteiger partial charge in [0.2, 0.25) is 5.91 Å². The Labute approximate surface area is 106 Å². The summed E-state index contributed by atoms with van der Waals surface area (Å²) in [6.07, 6.45) is 0. The van der Waals surface area contributed by atoms with Gasteiger partial charge < -0.3 is 15.5 Å². The number of hydrogen-bond donors (Lipinski definition) is 2. The Bertz CT molecular complexity index is 434. The Hall–Kier alpha value is -1.10. The second-order valence-electron chi connectivity index (χ2n) is 4.41. The summed E-state index contributed by atoms with van der Waals surface area (Å²) in [5, 5.41) is 6.73. The standard InChI is InChI=1S/C12H16ClN3O/c1-16(2)6-5-14-11-9-7-8(13)3-4-10(9)15-12(11)17/h3-4,7,11,14H,5-6H2,1-2H3,(H,15,17). The number of carbonyl (C=O) groups excluding carboxylic acids is 1. The maximum atomic E-state index is 11.8. The van der Waals surface area contributed by atoms with Gasteiger partial charge in [-0.1, -0.05) is 11.6 Å². The summed E-state index contributed by atoms with van der Waals surface area (Å²) in [6.45, 7) is 1.65. The van der Waals surface area contributed by atoms with Crippen molar-refractivity contribution in [2.45, 2.75) is 6.04 Å². The molecule has 2 rings (SSSR count). The zero-order chi connectivity index (χ0) is 12.4. The molecule has 0 saturated carbocycles. The van der Waals surface area contributed by atoms with E-state index in [-0.39, 0.29) is 11.9 Å². The lowest BCUT2D eigenvalue weighted by molar-refractivity contribution is -0.117. The highest BCUT2D eigenvalue weighted by atomic mass is 35.5. The summed E-state index contributed by atoms with van der Waals surface area (Å²) >= 11 is 5.95. The fraction of sp³-hybridized carbons (Fsp3) is 0.417. The van der Waals surface area contributed by atoms with Crippen molar-refractivity contribution in [3.05, 3.63) is 28.8 Å². The summed E-state index contributed by atoms with van der Waals surface area (Å²) in [4.78, 5) is 13.9. The fourth-order valence-electron chi connectivity index (χ4n) is 1.87. The number of halogens is 1. The molecular weight excluding hydrogens is 238 g/mol. The van der Waals surface area contributed by atoms with Gasteiger partial charge in [0, 0.05) is 29.4 Å². The van der Waals surface area contributed by atoms with Gasteiger partial charge in [-0.2, -0.15) is 0 Å². The Morgan fingerprint density at radius 3 is 2.94 bits per heavy atom. The van der Waals surface area contributed by atoms with E-state index in [0.29, 0.717) is 5.02 Å². The SMILES string of the molecule is CN(C)CCNC1C(=O)Nc2ccc(Cl)cc21. The number of fused-ring (bicyclic) bond motifs is 1. The highest BCUT2D eigenvalue weighted by Crippen LogP contribution is 2.32. The van der Waals surface area contributed by atoms with Crippen molar-refractivity contribution in [2.75, 3.05) is 32.5 Å². The van der Waals surface area contributed by atoms with Crippen molar-refractivity contribution in [3.8, 4) is 0 Å². The van der Waals surface area contributed by atoms with Gasteiger partial charge in [-0.05, 0) is 32.3 Å². The molecule has 1 atom stereocenters. The quantitative estimate of drug-likeness (QED) is 0.855. The number of rotatable bonds is 4. The average Bonchev–Trinajstić information content (AvgIpc) is 2.55. The van der Waals surface area contributed by atoms with Gasteiger partial charge in [0.1, 0.15) is 6.04 Å². The zero-order valence-corrected chi connectivity index (χ0v) is 10.7. The number of nitrogens with one attached hydrogen (secondary N) is 2. The molecule has 4 nitrogen and oxygen atoms in total. The van der Waals surface area contributed by atoms with E-state index in [9.17, 15) is 4.79 Å². The smallest absolute Gasteiger partial charge is 0.246 e. The largest absolute Gasteiger partial charge is 0.324 e. The molecule has 1 aliphatic rings. The molecule has 1 aromatic rings. The molecule has 1 aliphatic heterocycles. The van der Waals surface area contributed by atoms with Crippen LogP contribution in [0.5, 0.6) is 0 Å². The van der Waals surface area contributed by atoms with Crippen molar-refractivity contribution in [3.63, 3.8) is 0 Å².